The highest BCUT2D eigenvalue weighted by atomic mass is 16.3. The number of tetrazole rings is 1. The SMILES string of the molecule is O=C(c1ccc(Cn2cnnn2)cc1)N1C[C@H](O)C[C@@H](O)C1. The van der Waals surface area contributed by atoms with Crippen LogP contribution >= 0.6 is 0 Å². The zero-order valence-electron chi connectivity index (χ0n) is 11.9. The molecular formula is C14H17N5O3. The van der Waals surface area contributed by atoms with Crippen molar-refractivity contribution in [3.05, 3.63) is 41.7 Å². The summed E-state index contributed by atoms with van der Waals surface area (Å²) in [6, 6.07) is 7.14. The number of piperidine rings is 1. The largest absolute Gasteiger partial charge is 0.391 e. The van der Waals surface area contributed by atoms with Crippen molar-refractivity contribution in [3.8, 4) is 0 Å². The van der Waals surface area contributed by atoms with Crippen LogP contribution in [0.4, 0.5) is 0 Å². The molecular weight excluding hydrogens is 286 g/mol. The van der Waals surface area contributed by atoms with Gasteiger partial charge in [-0.3, -0.25) is 4.79 Å². The van der Waals surface area contributed by atoms with Gasteiger partial charge in [0, 0.05) is 25.1 Å². The van der Waals surface area contributed by atoms with Gasteiger partial charge in [-0.2, -0.15) is 0 Å². The molecule has 0 bridgehead atoms. The monoisotopic (exact) mass is 303 g/mol. The van der Waals surface area contributed by atoms with Crippen LogP contribution in [0.5, 0.6) is 0 Å². The molecule has 2 aromatic rings. The van der Waals surface area contributed by atoms with Crippen molar-refractivity contribution in [2.24, 2.45) is 0 Å². The second-order valence-corrected chi connectivity index (χ2v) is 5.46. The van der Waals surface area contributed by atoms with Crippen LogP contribution in [0.15, 0.2) is 30.6 Å². The standard InChI is InChI=1S/C14H17N5O3/c20-12-5-13(21)8-18(7-12)14(22)11-3-1-10(2-4-11)6-19-9-15-16-17-19/h1-4,9,12-13,20-21H,5-8H2/t12-,13-/m1/s1. The number of rotatable bonds is 3. The number of hydrogen-bond acceptors (Lipinski definition) is 6. The average Bonchev–Trinajstić information content (AvgIpc) is 2.99. The van der Waals surface area contributed by atoms with E-state index in [-0.39, 0.29) is 19.0 Å². The highest BCUT2D eigenvalue weighted by molar-refractivity contribution is 5.94. The number of hydrogen-bond donors (Lipinski definition) is 2. The summed E-state index contributed by atoms with van der Waals surface area (Å²) in [6.07, 6.45) is 0.489. The molecule has 2 atom stereocenters. The maximum atomic E-state index is 12.4. The highest BCUT2D eigenvalue weighted by Gasteiger charge is 2.28. The number of benzene rings is 1. The Balaban J connectivity index is 1.68. The maximum Gasteiger partial charge on any atom is 0.254 e. The van der Waals surface area contributed by atoms with Crippen molar-refractivity contribution in [2.75, 3.05) is 13.1 Å². The van der Waals surface area contributed by atoms with Crippen LogP contribution in [0.2, 0.25) is 0 Å². The van der Waals surface area contributed by atoms with Gasteiger partial charge in [0.15, 0.2) is 0 Å². The normalized spacial score (nSPS) is 21.8. The molecule has 0 radical (unpaired) electrons. The lowest BCUT2D eigenvalue weighted by molar-refractivity contribution is -0.00384. The summed E-state index contributed by atoms with van der Waals surface area (Å²) in [5, 5.41) is 30.2. The number of aromatic nitrogens is 4. The summed E-state index contributed by atoms with van der Waals surface area (Å²) >= 11 is 0. The summed E-state index contributed by atoms with van der Waals surface area (Å²) in [4.78, 5) is 13.9. The Kier molecular flexibility index (Phi) is 4.12. The topological polar surface area (TPSA) is 104 Å². The second kappa shape index (κ2) is 6.20. The van der Waals surface area contributed by atoms with Gasteiger partial charge < -0.3 is 15.1 Å². The quantitative estimate of drug-likeness (QED) is 0.776. The van der Waals surface area contributed by atoms with Crippen LogP contribution in [0.1, 0.15) is 22.3 Å². The predicted octanol–water partition coefficient (Wildman–Crippen LogP) is -0.711. The van der Waals surface area contributed by atoms with Crippen LogP contribution in [0.3, 0.4) is 0 Å². The summed E-state index contributed by atoms with van der Waals surface area (Å²) < 4.78 is 1.59. The molecule has 1 aromatic heterocycles. The molecule has 0 spiro atoms. The van der Waals surface area contributed by atoms with E-state index in [4.69, 9.17) is 0 Å². The zero-order valence-corrected chi connectivity index (χ0v) is 11.9. The van der Waals surface area contributed by atoms with E-state index in [1.54, 1.807) is 16.8 Å². The molecule has 2 heterocycles. The first-order valence-electron chi connectivity index (χ1n) is 7.07. The number of carbonyl (C=O) groups is 1. The van der Waals surface area contributed by atoms with Gasteiger partial charge >= 0.3 is 0 Å². The Hall–Kier alpha value is -2.32. The first kappa shape index (κ1) is 14.6. The molecule has 2 N–H and O–H groups in total. The fourth-order valence-electron chi connectivity index (χ4n) is 2.59. The number of carbonyl (C=O) groups excluding carboxylic acids is 1. The van der Waals surface area contributed by atoms with E-state index in [1.807, 2.05) is 12.1 Å². The molecule has 1 aliphatic rings. The van der Waals surface area contributed by atoms with E-state index < -0.39 is 12.2 Å². The Morgan fingerprint density at radius 1 is 1.18 bits per heavy atom. The maximum absolute atomic E-state index is 12.4. The van der Waals surface area contributed by atoms with E-state index in [9.17, 15) is 15.0 Å². The van der Waals surface area contributed by atoms with E-state index >= 15 is 0 Å². The van der Waals surface area contributed by atoms with E-state index in [1.165, 1.54) is 11.2 Å². The first-order chi connectivity index (χ1) is 10.6. The number of aliphatic hydroxyl groups excluding tert-OH is 2. The number of likely N-dealkylation sites (tertiary alicyclic amines) is 1. The Morgan fingerprint density at radius 2 is 1.86 bits per heavy atom. The van der Waals surface area contributed by atoms with Crippen LogP contribution in [0, 0.1) is 0 Å². The van der Waals surface area contributed by atoms with Crippen molar-refractivity contribution in [2.45, 2.75) is 25.2 Å². The molecule has 1 saturated heterocycles. The minimum absolute atomic E-state index is 0.188. The van der Waals surface area contributed by atoms with Crippen molar-refractivity contribution in [1.29, 1.82) is 0 Å². The molecule has 8 heteroatoms. The smallest absolute Gasteiger partial charge is 0.254 e. The average molecular weight is 303 g/mol. The molecule has 0 aliphatic carbocycles. The van der Waals surface area contributed by atoms with Crippen LogP contribution in [0.25, 0.3) is 0 Å². The Labute approximate surface area is 127 Å². The molecule has 0 unspecified atom stereocenters. The van der Waals surface area contributed by atoms with Gasteiger partial charge in [0.2, 0.25) is 0 Å². The van der Waals surface area contributed by atoms with Crippen LogP contribution in [-0.2, 0) is 6.54 Å². The first-order valence-corrected chi connectivity index (χ1v) is 7.07. The number of nitrogens with zero attached hydrogens (tertiary/aromatic N) is 5. The van der Waals surface area contributed by atoms with Crippen molar-refractivity contribution in [1.82, 2.24) is 25.1 Å². The fraction of sp³-hybridized carbons (Fsp3) is 0.429. The molecule has 0 saturated carbocycles. The molecule has 8 nitrogen and oxygen atoms in total. The lowest BCUT2D eigenvalue weighted by atomic mass is 10.0. The lowest BCUT2D eigenvalue weighted by Gasteiger charge is -2.33. The van der Waals surface area contributed by atoms with E-state index in [2.05, 4.69) is 15.5 Å². The van der Waals surface area contributed by atoms with Gasteiger partial charge in [-0.1, -0.05) is 12.1 Å². The number of β-amino-alcohol motifs (C(OH)–C–C–N with tert-alkyl or cyclic N) is 2. The zero-order chi connectivity index (χ0) is 15.5. The minimum Gasteiger partial charge on any atom is -0.391 e. The summed E-state index contributed by atoms with van der Waals surface area (Å²) in [6.45, 7) is 1.03. The summed E-state index contributed by atoms with van der Waals surface area (Å²) in [5.41, 5.74) is 1.50. The molecule has 1 aromatic carbocycles. The van der Waals surface area contributed by atoms with Crippen LogP contribution < -0.4 is 0 Å². The van der Waals surface area contributed by atoms with Gasteiger partial charge in [0.25, 0.3) is 5.91 Å². The Morgan fingerprint density at radius 3 is 2.45 bits per heavy atom. The third kappa shape index (κ3) is 3.29. The van der Waals surface area contributed by atoms with Crippen LogP contribution in [-0.4, -0.2) is 66.5 Å². The molecule has 1 fully saturated rings. The van der Waals surface area contributed by atoms with Gasteiger partial charge in [0.05, 0.1) is 18.8 Å². The van der Waals surface area contributed by atoms with E-state index in [0.29, 0.717) is 18.5 Å². The Bertz CT molecular complexity index is 618. The van der Waals surface area contributed by atoms with E-state index in [0.717, 1.165) is 5.56 Å². The predicted molar refractivity (Wildman–Crippen MR) is 75.9 cm³/mol. The van der Waals surface area contributed by atoms with Gasteiger partial charge in [-0.25, -0.2) is 4.68 Å². The third-order valence-corrected chi connectivity index (χ3v) is 3.63. The molecule has 116 valence electrons. The minimum atomic E-state index is -0.674. The van der Waals surface area contributed by atoms with Gasteiger partial charge in [-0.05, 0) is 28.1 Å². The van der Waals surface area contributed by atoms with Crippen molar-refractivity contribution >= 4 is 5.91 Å². The highest BCUT2D eigenvalue weighted by Crippen LogP contribution is 2.15. The number of aliphatic hydroxyl groups is 2. The van der Waals surface area contributed by atoms with Crippen molar-refractivity contribution < 1.29 is 15.0 Å². The van der Waals surface area contributed by atoms with Crippen molar-refractivity contribution in [3.63, 3.8) is 0 Å². The van der Waals surface area contributed by atoms with Gasteiger partial charge in [0.1, 0.15) is 6.33 Å². The summed E-state index contributed by atoms with van der Waals surface area (Å²) in [7, 11) is 0. The number of amides is 1. The van der Waals surface area contributed by atoms with Gasteiger partial charge in [-0.15, -0.1) is 5.10 Å². The molecule has 1 amide bonds. The summed E-state index contributed by atoms with van der Waals surface area (Å²) in [5.74, 6) is -0.188. The molecule has 1 aliphatic heterocycles. The molecule has 3 rings (SSSR count). The molecule has 22 heavy (non-hydrogen) atoms. The lowest BCUT2D eigenvalue weighted by Crippen LogP contribution is -2.48. The third-order valence-electron chi connectivity index (χ3n) is 3.63. The second-order valence-electron chi connectivity index (χ2n) is 5.46. The fourth-order valence-corrected chi connectivity index (χ4v) is 2.59.